The summed E-state index contributed by atoms with van der Waals surface area (Å²) in [4.78, 5) is 12.4. The molecule has 0 saturated heterocycles. The van der Waals surface area contributed by atoms with Crippen molar-refractivity contribution in [3.05, 3.63) is 23.2 Å². The molecule has 2 rings (SSSR count). The molecule has 6 nitrogen and oxygen atoms in total. The number of nitrogens with one attached hydrogen (secondary N) is 1. The fraction of sp³-hybridized carbons (Fsp3) is 0.611. The standard InChI is InChI=1S/C18H27ClN2O4S/c1-3-21(13-18(22)20-14-8-6-5-7-9-14)26(23,24)15-10-11-17(25-4-2)16(19)12-15/h10-12,14H,3-9,13H2,1-2H3,(H,20,22). The molecule has 0 heterocycles. The quantitative estimate of drug-likeness (QED) is 0.724. The summed E-state index contributed by atoms with van der Waals surface area (Å²) in [5.41, 5.74) is 0. The maximum absolute atomic E-state index is 12.9. The van der Waals surface area contributed by atoms with Crippen molar-refractivity contribution >= 4 is 27.5 Å². The minimum atomic E-state index is -3.81. The molecule has 8 heteroatoms. The molecule has 0 unspecified atom stereocenters. The molecule has 1 aliphatic carbocycles. The van der Waals surface area contributed by atoms with E-state index in [9.17, 15) is 13.2 Å². The maximum atomic E-state index is 12.9. The molecule has 0 spiro atoms. The number of sulfonamides is 1. The number of carbonyl (C=O) groups excluding carboxylic acids is 1. The number of likely N-dealkylation sites (N-methyl/N-ethyl adjacent to an activating group) is 1. The molecule has 1 aromatic carbocycles. The summed E-state index contributed by atoms with van der Waals surface area (Å²) in [7, 11) is -3.81. The number of ether oxygens (including phenoxy) is 1. The van der Waals surface area contributed by atoms with Gasteiger partial charge in [0.25, 0.3) is 0 Å². The van der Waals surface area contributed by atoms with Gasteiger partial charge in [0.15, 0.2) is 0 Å². The van der Waals surface area contributed by atoms with Crippen LogP contribution in [0.3, 0.4) is 0 Å². The molecule has 0 aromatic heterocycles. The van der Waals surface area contributed by atoms with Gasteiger partial charge >= 0.3 is 0 Å². The van der Waals surface area contributed by atoms with Gasteiger partial charge in [0, 0.05) is 12.6 Å². The SMILES string of the molecule is CCOc1ccc(S(=O)(=O)N(CC)CC(=O)NC2CCCCC2)cc1Cl. The summed E-state index contributed by atoms with van der Waals surface area (Å²) in [6.45, 7) is 3.98. The average Bonchev–Trinajstić information content (AvgIpc) is 2.62. The summed E-state index contributed by atoms with van der Waals surface area (Å²) >= 11 is 6.11. The van der Waals surface area contributed by atoms with Crippen LogP contribution in [0.15, 0.2) is 23.1 Å². The van der Waals surface area contributed by atoms with E-state index in [1.165, 1.54) is 24.6 Å². The summed E-state index contributed by atoms with van der Waals surface area (Å²) in [6, 6.07) is 4.50. The van der Waals surface area contributed by atoms with Crippen molar-refractivity contribution < 1.29 is 17.9 Å². The molecule has 1 N–H and O–H groups in total. The normalized spacial score (nSPS) is 15.8. The molecule has 1 amide bonds. The van der Waals surface area contributed by atoms with Crippen LogP contribution < -0.4 is 10.1 Å². The van der Waals surface area contributed by atoms with Gasteiger partial charge in [-0.1, -0.05) is 37.8 Å². The van der Waals surface area contributed by atoms with Crippen LogP contribution >= 0.6 is 11.6 Å². The van der Waals surface area contributed by atoms with E-state index in [0.29, 0.717) is 12.4 Å². The summed E-state index contributed by atoms with van der Waals surface area (Å²) < 4.78 is 32.2. The molecule has 0 bridgehead atoms. The molecule has 146 valence electrons. The highest BCUT2D eigenvalue weighted by molar-refractivity contribution is 7.89. The highest BCUT2D eigenvalue weighted by Crippen LogP contribution is 2.28. The Labute approximate surface area is 160 Å². The summed E-state index contributed by atoms with van der Waals surface area (Å²) in [6.07, 6.45) is 5.31. The van der Waals surface area contributed by atoms with Crippen LogP contribution in [0, 0.1) is 0 Å². The van der Waals surface area contributed by atoms with E-state index < -0.39 is 10.0 Å². The van der Waals surface area contributed by atoms with Gasteiger partial charge < -0.3 is 10.1 Å². The van der Waals surface area contributed by atoms with Gasteiger partial charge in [-0.25, -0.2) is 8.42 Å². The van der Waals surface area contributed by atoms with Gasteiger partial charge in [-0.3, -0.25) is 4.79 Å². The fourth-order valence-corrected chi connectivity index (χ4v) is 4.84. The number of hydrogen-bond donors (Lipinski definition) is 1. The lowest BCUT2D eigenvalue weighted by Crippen LogP contribution is -2.44. The third-order valence-corrected chi connectivity index (χ3v) is 6.70. The van der Waals surface area contributed by atoms with Crippen molar-refractivity contribution in [1.29, 1.82) is 0 Å². The van der Waals surface area contributed by atoms with Crippen molar-refractivity contribution in [2.45, 2.75) is 56.9 Å². The third kappa shape index (κ3) is 5.34. The zero-order valence-electron chi connectivity index (χ0n) is 15.3. The molecule has 0 aliphatic heterocycles. The lowest BCUT2D eigenvalue weighted by Gasteiger charge is -2.25. The first kappa shape index (κ1) is 21.0. The Kier molecular flexibility index (Phi) is 7.73. The first-order valence-corrected chi connectivity index (χ1v) is 10.9. The van der Waals surface area contributed by atoms with E-state index in [2.05, 4.69) is 5.32 Å². The molecule has 26 heavy (non-hydrogen) atoms. The van der Waals surface area contributed by atoms with Crippen molar-refractivity contribution in [2.24, 2.45) is 0 Å². The second kappa shape index (κ2) is 9.58. The van der Waals surface area contributed by atoms with E-state index in [4.69, 9.17) is 16.3 Å². The molecule has 0 radical (unpaired) electrons. The fourth-order valence-electron chi connectivity index (χ4n) is 3.11. The monoisotopic (exact) mass is 402 g/mol. The number of nitrogens with zero attached hydrogens (tertiary/aromatic N) is 1. The van der Waals surface area contributed by atoms with Gasteiger partial charge in [-0.2, -0.15) is 4.31 Å². The van der Waals surface area contributed by atoms with E-state index in [-0.39, 0.29) is 35.0 Å². The van der Waals surface area contributed by atoms with Gasteiger partial charge in [-0.05, 0) is 38.0 Å². The Hall–Kier alpha value is -1.31. The topological polar surface area (TPSA) is 75.7 Å². The lowest BCUT2D eigenvalue weighted by atomic mass is 9.95. The molecular formula is C18H27ClN2O4S. The number of hydrogen-bond acceptors (Lipinski definition) is 4. The second-order valence-corrected chi connectivity index (χ2v) is 8.70. The van der Waals surface area contributed by atoms with Gasteiger partial charge in [0.2, 0.25) is 15.9 Å². The Morgan fingerprint density at radius 1 is 1.27 bits per heavy atom. The van der Waals surface area contributed by atoms with Crippen LogP contribution in [0.4, 0.5) is 0 Å². The predicted molar refractivity (Wildman–Crippen MR) is 102 cm³/mol. The minimum absolute atomic E-state index is 0.0540. The number of halogens is 1. The Morgan fingerprint density at radius 2 is 1.96 bits per heavy atom. The molecule has 1 aliphatic rings. The van der Waals surface area contributed by atoms with Crippen molar-refractivity contribution in [2.75, 3.05) is 19.7 Å². The van der Waals surface area contributed by atoms with Crippen molar-refractivity contribution in [3.63, 3.8) is 0 Å². The van der Waals surface area contributed by atoms with Crippen LogP contribution in [0.1, 0.15) is 46.0 Å². The van der Waals surface area contributed by atoms with Crippen LogP contribution in [-0.4, -0.2) is 44.4 Å². The molecular weight excluding hydrogens is 376 g/mol. The minimum Gasteiger partial charge on any atom is -0.492 e. The van der Waals surface area contributed by atoms with E-state index in [1.807, 2.05) is 6.92 Å². The van der Waals surface area contributed by atoms with E-state index in [0.717, 1.165) is 30.0 Å². The Morgan fingerprint density at radius 3 is 2.54 bits per heavy atom. The van der Waals surface area contributed by atoms with Gasteiger partial charge in [-0.15, -0.1) is 0 Å². The summed E-state index contributed by atoms with van der Waals surface area (Å²) in [5.74, 6) is 0.172. The smallest absolute Gasteiger partial charge is 0.243 e. The zero-order chi connectivity index (χ0) is 19.2. The van der Waals surface area contributed by atoms with E-state index in [1.54, 1.807) is 6.92 Å². The molecule has 1 saturated carbocycles. The number of rotatable bonds is 8. The van der Waals surface area contributed by atoms with Gasteiger partial charge in [0.05, 0.1) is 23.1 Å². The number of amides is 1. The van der Waals surface area contributed by atoms with Crippen molar-refractivity contribution in [1.82, 2.24) is 9.62 Å². The summed E-state index contributed by atoms with van der Waals surface area (Å²) in [5, 5.41) is 3.19. The first-order valence-electron chi connectivity index (χ1n) is 9.10. The zero-order valence-corrected chi connectivity index (χ0v) is 16.9. The largest absolute Gasteiger partial charge is 0.492 e. The maximum Gasteiger partial charge on any atom is 0.243 e. The Balaban J connectivity index is 2.09. The number of benzene rings is 1. The molecule has 1 aromatic rings. The molecule has 1 fully saturated rings. The van der Waals surface area contributed by atoms with Gasteiger partial charge in [0.1, 0.15) is 5.75 Å². The van der Waals surface area contributed by atoms with Crippen LogP contribution in [0.2, 0.25) is 5.02 Å². The lowest BCUT2D eigenvalue weighted by molar-refractivity contribution is -0.122. The van der Waals surface area contributed by atoms with Crippen LogP contribution in [-0.2, 0) is 14.8 Å². The average molecular weight is 403 g/mol. The third-order valence-electron chi connectivity index (χ3n) is 4.48. The Bertz CT molecular complexity index is 718. The van der Waals surface area contributed by atoms with Crippen LogP contribution in [0.25, 0.3) is 0 Å². The van der Waals surface area contributed by atoms with Crippen molar-refractivity contribution in [3.8, 4) is 5.75 Å². The first-order chi connectivity index (χ1) is 12.4. The molecule has 0 atom stereocenters. The second-order valence-electron chi connectivity index (χ2n) is 6.36. The highest BCUT2D eigenvalue weighted by atomic mass is 35.5. The van der Waals surface area contributed by atoms with E-state index >= 15 is 0 Å². The predicted octanol–water partition coefficient (Wildman–Crippen LogP) is 3.20. The highest BCUT2D eigenvalue weighted by Gasteiger charge is 2.27. The number of carbonyl (C=O) groups is 1. The van der Waals surface area contributed by atoms with Crippen LogP contribution in [0.5, 0.6) is 5.75 Å².